The second-order valence-corrected chi connectivity index (χ2v) is 2.18. The summed E-state index contributed by atoms with van der Waals surface area (Å²) in [5.41, 5.74) is 0. The Labute approximate surface area is 69.5 Å². The van der Waals surface area contributed by atoms with Gasteiger partial charge in [-0.3, -0.25) is 9.59 Å². The third kappa shape index (κ3) is 1.72. The van der Waals surface area contributed by atoms with E-state index in [0.717, 1.165) is 0 Å². The minimum Gasteiger partial charge on any atom is -0.501 e. The Morgan fingerprint density at radius 3 is 2.75 bits per heavy atom. The first-order chi connectivity index (χ1) is 5.77. The molecule has 0 aromatic carbocycles. The van der Waals surface area contributed by atoms with E-state index in [1.54, 1.807) is 6.08 Å². The van der Waals surface area contributed by atoms with Crippen LogP contribution in [0.5, 0.6) is 0 Å². The van der Waals surface area contributed by atoms with E-state index in [1.807, 2.05) is 0 Å². The highest BCUT2D eigenvalue weighted by atomic mass is 16.5. The van der Waals surface area contributed by atoms with Crippen molar-refractivity contribution in [1.82, 2.24) is 0 Å². The molecule has 0 N–H and O–H groups in total. The van der Waals surface area contributed by atoms with Gasteiger partial charge in [-0.15, -0.1) is 0 Å². The van der Waals surface area contributed by atoms with Gasteiger partial charge in [-0.2, -0.15) is 0 Å². The number of carbonyl (C=O) groups is 2. The molecule has 0 atom stereocenters. The monoisotopic (exact) mass is 168 g/mol. The van der Waals surface area contributed by atoms with Gasteiger partial charge in [-0.05, 0) is 12.2 Å². The van der Waals surface area contributed by atoms with E-state index in [9.17, 15) is 9.59 Å². The van der Waals surface area contributed by atoms with Crippen molar-refractivity contribution in [3.05, 3.63) is 23.7 Å². The van der Waals surface area contributed by atoms with Crippen molar-refractivity contribution >= 4 is 12.3 Å². The Balaban J connectivity index is 2.75. The maximum absolute atomic E-state index is 11.1. The van der Waals surface area contributed by atoms with Gasteiger partial charge in [0.1, 0.15) is 5.76 Å². The zero-order chi connectivity index (χ0) is 8.97. The minimum atomic E-state index is -0.249. The Morgan fingerprint density at radius 2 is 2.25 bits per heavy atom. The summed E-state index contributed by atoms with van der Waals surface area (Å²) in [6.45, 7) is 0.232. The van der Waals surface area contributed by atoms with E-state index in [2.05, 4.69) is 4.74 Å². The predicted octanol–water partition coefficient (Wildman–Crippen LogP) is 0.546. The Hall–Kier alpha value is -1.58. The molecule has 4 nitrogen and oxygen atoms in total. The molecule has 0 fully saturated rings. The number of ether oxygens (including phenoxy) is 2. The summed E-state index contributed by atoms with van der Waals surface area (Å²) in [4.78, 5) is 21.0. The number of methoxy groups -OCH3 is 1. The van der Waals surface area contributed by atoms with Gasteiger partial charge >= 0.3 is 0 Å². The van der Waals surface area contributed by atoms with Gasteiger partial charge in [0.15, 0.2) is 5.76 Å². The van der Waals surface area contributed by atoms with Gasteiger partial charge < -0.3 is 9.47 Å². The number of hydrogen-bond acceptors (Lipinski definition) is 4. The van der Waals surface area contributed by atoms with Gasteiger partial charge in [-0.1, -0.05) is 0 Å². The highest BCUT2D eigenvalue weighted by Crippen LogP contribution is 2.15. The maximum atomic E-state index is 11.1. The molecule has 0 aliphatic heterocycles. The van der Waals surface area contributed by atoms with Crippen LogP contribution in [-0.2, 0) is 19.1 Å². The van der Waals surface area contributed by atoms with Gasteiger partial charge in [0.05, 0.1) is 13.5 Å². The van der Waals surface area contributed by atoms with Gasteiger partial charge in [0.2, 0.25) is 5.78 Å². The van der Waals surface area contributed by atoms with E-state index < -0.39 is 0 Å². The van der Waals surface area contributed by atoms with E-state index >= 15 is 0 Å². The number of Topliss-reactive ketones (excluding diaryl/α,β-unsaturated/α-hetero) is 1. The van der Waals surface area contributed by atoms with Crippen molar-refractivity contribution in [3.8, 4) is 0 Å². The fraction of sp³-hybridized carbons (Fsp3) is 0.250. The van der Waals surface area contributed by atoms with Crippen molar-refractivity contribution in [2.24, 2.45) is 0 Å². The zero-order valence-corrected chi connectivity index (χ0v) is 6.57. The molecular formula is C8H8O4. The Kier molecular flexibility index (Phi) is 2.63. The maximum Gasteiger partial charge on any atom is 0.298 e. The smallest absolute Gasteiger partial charge is 0.298 e. The molecule has 0 aromatic rings. The summed E-state index contributed by atoms with van der Waals surface area (Å²) in [5, 5.41) is 0. The van der Waals surface area contributed by atoms with Crippen LogP contribution in [-0.4, -0.2) is 19.4 Å². The lowest BCUT2D eigenvalue weighted by Gasteiger charge is -2.10. The normalized spacial score (nSPS) is 16.2. The van der Waals surface area contributed by atoms with Crippen molar-refractivity contribution in [2.45, 2.75) is 6.42 Å². The molecule has 1 aliphatic carbocycles. The van der Waals surface area contributed by atoms with E-state index in [4.69, 9.17) is 4.74 Å². The first-order valence-electron chi connectivity index (χ1n) is 3.36. The number of rotatable bonds is 3. The number of hydrogen-bond donors (Lipinski definition) is 0. The van der Waals surface area contributed by atoms with Crippen LogP contribution in [0.1, 0.15) is 6.42 Å². The van der Waals surface area contributed by atoms with E-state index in [0.29, 0.717) is 5.76 Å². The second kappa shape index (κ2) is 3.71. The number of allylic oxidation sites excluding steroid dienone is 4. The summed E-state index contributed by atoms with van der Waals surface area (Å²) in [6.07, 6.45) is 3.16. The van der Waals surface area contributed by atoms with E-state index in [-0.39, 0.29) is 24.4 Å². The van der Waals surface area contributed by atoms with Gasteiger partial charge in [-0.25, -0.2) is 0 Å². The predicted molar refractivity (Wildman–Crippen MR) is 39.9 cm³/mol. The van der Waals surface area contributed by atoms with Crippen LogP contribution < -0.4 is 0 Å². The summed E-state index contributed by atoms with van der Waals surface area (Å²) < 4.78 is 9.26. The molecule has 0 aromatic heterocycles. The second-order valence-electron chi connectivity index (χ2n) is 2.18. The molecule has 0 radical (unpaired) electrons. The molecule has 0 saturated carbocycles. The molecule has 1 aliphatic rings. The standard InChI is InChI=1S/C8H8O4/c1-11-6-2-3-8(12-5-9)7(10)4-6/h2-3,5H,4H2,1H3. The van der Waals surface area contributed by atoms with Crippen molar-refractivity contribution in [2.75, 3.05) is 7.11 Å². The lowest BCUT2D eigenvalue weighted by molar-refractivity contribution is -0.130. The molecule has 64 valence electrons. The van der Waals surface area contributed by atoms with Crippen LogP contribution in [0.2, 0.25) is 0 Å². The summed E-state index contributed by atoms with van der Waals surface area (Å²) >= 11 is 0. The van der Waals surface area contributed by atoms with Crippen LogP contribution in [0.15, 0.2) is 23.7 Å². The third-order valence-electron chi connectivity index (χ3n) is 1.47. The molecule has 0 saturated heterocycles. The molecule has 0 bridgehead atoms. The summed E-state index contributed by atoms with van der Waals surface area (Å²) in [6, 6.07) is 0. The largest absolute Gasteiger partial charge is 0.501 e. The lowest BCUT2D eigenvalue weighted by Crippen LogP contribution is -2.10. The minimum absolute atomic E-state index is 0.0609. The van der Waals surface area contributed by atoms with Gasteiger partial charge in [0, 0.05) is 0 Å². The summed E-state index contributed by atoms with van der Waals surface area (Å²) in [5.74, 6) is 0.380. The molecule has 0 unspecified atom stereocenters. The van der Waals surface area contributed by atoms with Gasteiger partial charge in [0.25, 0.3) is 6.47 Å². The Morgan fingerprint density at radius 1 is 1.50 bits per heavy atom. The highest BCUT2D eigenvalue weighted by Gasteiger charge is 2.17. The fourth-order valence-corrected chi connectivity index (χ4v) is 0.863. The molecule has 1 rings (SSSR count). The number of carbonyl (C=O) groups excluding carboxylic acids is 2. The lowest BCUT2D eigenvalue weighted by atomic mass is 10.1. The fourth-order valence-electron chi connectivity index (χ4n) is 0.863. The molecule has 12 heavy (non-hydrogen) atoms. The first kappa shape index (κ1) is 8.52. The molecule has 0 heterocycles. The highest BCUT2D eigenvalue weighted by molar-refractivity contribution is 5.97. The zero-order valence-electron chi connectivity index (χ0n) is 6.57. The van der Waals surface area contributed by atoms with Crippen LogP contribution in [0.3, 0.4) is 0 Å². The summed E-state index contributed by atoms with van der Waals surface area (Å²) in [7, 11) is 1.48. The average molecular weight is 168 g/mol. The molecule has 0 amide bonds. The van der Waals surface area contributed by atoms with Crippen molar-refractivity contribution in [1.29, 1.82) is 0 Å². The molecule has 4 heteroatoms. The van der Waals surface area contributed by atoms with E-state index in [1.165, 1.54) is 13.2 Å². The van der Waals surface area contributed by atoms with Crippen LogP contribution in [0.4, 0.5) is 0 Å². The number of ketones is 1. The topological polar surface area (TPSA) is 52.6 Å². The average Bonchev–Trinajstić information content (AvgIpc) is 2.09. The van der Waals surface area contributed by atoms with Crippen LogP contribution in [0, 0.1) is 0 Å². The SMILES string of the molecule is COC1=CC=C(OC=O)C(=O)C1. The first-order valence-corrected chi connectivity index (χ1v) is 3.36. The van der Waals surface area contributed by atoms with Crippen molar-refractivity contribution in [3.63, 3.8) is 0 Å². The van der Waals surface area contributed by atoms with Crippen LogP contribution in [0.25, 0.3) is 0 Å². The third-order valence-corrected chi connectivity index (χ3v) is 1.47. The quantitative estimate of drug-likeness (QED) is 0.577. The molecular weight excluding hydrogens is 160 g/mol. The molecule has 0 spiro atoms. The van der Waals surface area contributed by atoms with Crippen LogP contribution >= 0.6 is 0 Å². The Bertz CT molecular complexity index is 262. The van der Waals surface area contributed by atoms with Crippen molar-refractivity contribution < 1.29 is 19.1 Å².